The number of methoxy groups -OCH3 is 1. The van der Waals surface area contributed by atoms with Gasteiger partial charge in [-0.05, 0) is 48.8 Å². The largest absolute Gasteiger partial charge is 0.497 e. The Morgan fingerprint density at radius 2 is 2.11 bits per heavy atom. The first-order valence-electron chi connectivity index (χ1n) is 8.88. The van der Waals surface area contributed by atoms with Crippen molar-refractivity contribution in [2.45, 2.75) is 13.3 Å². The lowest BCUT2D eigenvalue weighted by Crippen LogP contribution is -2.36. The molecule has 0 saturated carbocycles. The predicted octanol–water partition coefficient (Wildman–Crippen LogP) is 3.55. The monoisotopic (exact) mass is 364 g/mol. The van der Waals surface area contributed by atoms with E-state index in [0.29, 0.717) is 5.56 Å². The van der Waals surface area contributed by atoms with E-state index in [9.17, 15) is 4.39 Å². The minimum atomic E-state index is -0.358. The van der Waals surface area contributed by atoms with E-state index in [1.807, 2.05) is 24.4 Å². The molecule has 138 valence electrons. The minimum absolute atomic E-state index is 0.358. The normalized spacial score (nSPS) is 16.6. The molecule has 2 aliphatic rings. The van der Waals surface area contributed by atoms with Gasteiger partial charge in [0, 0.05) is 31.0 Å². The van der Waals surface area contributed by atoms with E-state index in [4.69, 9.17) is 9.73 Å². The SMILES string of the molecule is COc1cccc(CCN2CC(C)=C3N=C(c4cncc(F)c4)C=CN32)c1. The summed E-state index contributed by atoms with van der Waals surface area (Å²) in [6.45, 7) is 3.77. The topological polar surface area (TPSA) is 41.0 Å². The summed E-state index contributed by atoms with van der Waals surface area (Å²) in [5, 5.41) is 4.33. The summed E-state index contributed by atoms with van der Waals surface area (Å²) in [5.74, 6) is 1.42. The Balaban J connectivity index is 1.48. The molecule has 6 heteroatoms. The molecule has 0 spiro atoms. The number of allylic oxidation sites excluding steroid dienone is 1. The molecule has 1 aromatic heterocycles. The van der Waals surface area contributed by atoms with E-state index >= 15 is 0 Å². The molecule has 2 aliphatic heterocycles. The summed E-state index contributed by atoms with van der Waals surface area (Å²) in [5.41, 5.74) is 3.83. The molecule has 2 aromatic rings. The number of rotatable bonds is 5. The van der Waals surface area contributed by atoms with Gasteiger partial charge in [-0.1, -0.05) is 12.1 Å². The van der Waals surface area contributed by atoms with Gasteiger partial charge in [-0.2, -0.15) is 0 Å². The van der Waals surface area contributed by atoms with E-state index in [1.54, 1.807) is 13.3 Å². The first-order chi connectivity index (χ1) is 13.1. The summed E-state index contributed by atoms with van der Waals surface area (Å²) >= 11 is 0. The average Bonchev–Trinajstić information content (AvgIpc) is 3.02. The van der Waals surface area contributed by atoms with E-state index in [-0.39, 0.29) is 5.82 Å². The van der Waals surface area contributed by atoms with Crippen LogP contribution in [0.15, 0.2) is 71.4 Å². The average molecular weight is 364 g/mol. The second-order valence-electron chi connectivity index (χ2n) is 6.64. The number of hydrogen-bond acceptors (Lipinski definition) is 5. The third kappa shape index (κ3) is 3.61. The lowest BCUT2D eigenvalue weighted by Gasteiger charge is -2.29. The lowest BCUT2D eigenvalue weighted by molar-refractivity contribution is 0.0900. The maximum Gasteiger partial charge on any atom is 0.148 e. The fraction of sp³-hybridized carbons (Fsp3) is 0.238. The summed E-state index contributed by atoms with van der Waals surface area (Å²) in [6.07, 6.45) is 7.63. The molecule has 27 heavy (non-hydrogen) atoms. The number of halogens is 1. The number of ether oxygens (including phenoxy) is 1. The van der Waals surface area contributed by atoms with Crippen molar-refractivity contribution in [3.8, 4) is 5.75 Å². The van der Waals surface area contributed by atoms with E-state index < -0.39 is 0 Å². The van der Waals surface area contributed by atoms with Gasteiger partial charge in [0.15, 0.2) is 0 Å². The van der Waals surface area contributed by atoms with Gasteiger partial charge >= 0.3 is 0 Å². The van der Waals surface area contributed by atoms with Crippen LogP contribution in [-0.4, -0.2) is 40.9 Å². The number of pyridine rings is 1. The molecule has 0 bridgehead atoms. The van der Waals surface area contributed by atoms with Crippen LogP contribution in [0.4, 0.5) is 4.39 Å². The first-order valence-corrected chi connectivity index (χ1v) is 8.88. The molecule has 4 rings (SSSR count). The molecule has 0 atom stereocenters. The van der Waals surface area contributed by atoms with Crippen LogP contribution in [0.25, 0.3) is 0 Å². The zero-order valence-electron chi connectivity index (χ0n) is 15.4. The summed E-state index contributed by atoms with van der Waals surface area (Å²) in [7, 11) is 1.68. The molecule has 0 radical (unpaired) electrons. The van der Waals surface area contributed by atoms with E-state index in [2.05, 4.69) is 34.1 Å². The highest BCUT2D eigenvalue weighted by Gasteiger charge is 2.28. The Hall–Kier alpha value is -2.99. The van der Waals surface area contributed by atoms with Crippen LogP contribution in [0.2, 0.25) is 0 Å². The zero-order valence-corrected chi connectivity index (χ0v) is 15.4. The number of nitrogens with zero attached hydrogens (tertiary/aromatic N) is 4. The number of fused-ring (bicyclic) bond motifs is 1. The number of benzene rings is 1. The van der Waals surface area contributed by atoms with E-state index in [0.717, 1.165) is 36.8 Å². The molecule has 0 saturated heterocycles. The minimum Gasteiger partial charge on any atom is -0.497 e. The molecule has 0 aliphatic carbocycles. The number of aromatic nitrogens is 1. The van der Waals surface area contributed by atoms with Crippen molar-refractivity contribution in [3.05, 3.63) is 83.3 Å². The highest BCUT2D eigenvalue weighted by Crippen LogP contribution is 2.28. The van der Waals surface area contributed by atoms with Crippen LogP contribution in [0.5, 0.6) is 5.75 Å². The molecule has 3 heterocycles. The second kappa shape index (κ2) is 7.32. The fourth-order valence-corrected chi connectivity index (χ4v) is 3.34. The number of hydrogen-bond donors (Lipinski definition) is 0. The van der Waals surface area contributed by atoms with Gasteiger partial charge in [-0.15, -0.1) is 0 Å². The van der Waals surface area contributed by atoms with Gasteiger partial charge in [0.25, 0.3) is 0 Å². The van der Waals surface area contributed by atoms with Crippen molar-refractivity contribution in [1.82, 2.24) is 15.0 Å². The van der Waals surface area contributed by atoms with Gasteiger partial charge in [0.2, 0.25) is 0 Å². The van der Waals surface area contributed by atoms with E-state index in [1.165, 1.54) is 23.4 Å². The van der Waals surface area contributed by atoms with Crippen molar-refractivity contribution in [1.29, 1.82) is 0 Å². The standard InChI is InChI=1S/C21H21FN4O/c1-15-14-25(8-6-16-4-3-5-19(10-16)27-2)26-9-7-20(24-21(15)26)17-11-18(22)13-23-12-17/h3-5,7,9-13H,6,8,14H2,1-2H3. The van der Waals surface area contributed by atoms with Crippen LogP contribution in [0, 0.1) is 5.82 Å². The highest BCUT2D eigenvalue weighted by molar-refractivity contribution is 6.09. The Labute approximate surface area is 158 Å². The maximum atomic E-state index is 13.5. The van der Waals surface area contributed by atoms with Crippen LogP contribution in [-0.2, 0) is 6.42 Å². The van der Waals surface area contributed by atoms with Crippen molar-refractivity contribution in [2.24, 2.45) is 4.99 Å². The van der Waals surface area contributed by atoms with Gasteiger partial charge < -0.3 is 4.74 Å². The van der Waals surface area contributed by atoms with Crippen LogP contribution in [0.1, 0.15) is 18.1 Å². The quantitative estimate of drug-likeness (QED) is 0.814. The summed E-state index contributed by atoms with van der Waals surface area (Å²) < 4.78 is 18.8. The number of hydrazine groups is 1. The second-order valence-corrected chi connectivity index (χ2v) is 6.64. The summed E-state index contributed by atoms with van der Waals surface area (Å²) in [4.78, 5) is 8.65. The molecule has 0 unspecified atom stereocenters. The van der Waals surface area contributed by atoms with Crippen molar-refractivity contribution in [2.75, 3.05) is 20.2 Å². The molecule has 0 fully saturated rings. The van der Waals surface area contributed by atoms with Gasteiger partial charge in [-0.25, -0.2) is 14.4 Å². The third-order valence-corrected chi connectivity index (χ3v) is 4.72. The van der Waals surface area contributed by atoms with Crippen LogP contribution < -0.4 is 4.74 Å². The molecular weight excluding hydrogens is 343 g/mol. The lowest BCUT2D eigenvalue weighted by atomic mass is 10.1. The van der Waals surface area contributed by atoms with Crippen molar-refractivity contribution >= 4 is 5.71 Å². The Morgan fingerprint density at radius 1 is 1.22 bits per heavy atom. The molecule has 0 N–H and O–H groups in total. The fourth-order valence-electron chi connectivity index (χ4n) is 3.34. The molecule has 0 amide bonds. The van der Waals surface area contributed by atoms with Crippen molar-refractivity contribution < 1.29 is 9.13 Å². The smallest absolute Gasteiger partial charge is 0.148 e. The first kappa shape index (κ1) is 17.4. The van der Waals surface area contributed by atoms with Gasteiger partial charge in [-0.3, -0.25) is 9.99 Å². The van der Waals surface area contributed by atoms with Crippen molar-refractivity contribution in [3.63, 3.8) is 0 Å². The Bertz CT molecular complexity index is 951. The molecular formula is C21H21FN4O. The zero-order chi connectivity index (χ0) is 18.8. The predicted molar refractivity (Wildman–Crippen MR) is 103 cm³/mol. The van der Waals surface area contributed by atoms with Crippen LogP contribution in [0.3, 0.4) is 0 Å². The Kier molecular flexibility index (Phi) is 4.73. The van der Waals surface area contributed by atoms with Crippen LogP contribution >= 0.6 is 0 Å². The summed E-state index contributed by atoms with van der Waals surface area (Å²) in [6, 6.07) is 9.60. The molecule has 1 aromatic carbocycles. The molecule has 5 nitrogen and oxygen atoms in total. The maximum absolute atomic E-state index is 13.5. The Morgan fingerprint density at radius 3 is 2.93 bits per heavy atom. The highest BCUT2D eigenvalue weighted by atomic mass is 19.1. The van der Waals surface area contributed by atoms with Gasteiger partial charge in [0.1, 0.15) is 17.4 Å². The third-order valence-electron chi connectivity index (χ3n) is 4.72. The number of aliphatic imine (C=N–C) groups is 1. The van der Waals surface area contributed by atoms with Gasteiger partial charge in [0.05, 0.1) is 19.0 Å².